The molecule has 0 atom stereocenters. The minimum Gasteiger partial charge on any atom is -0.382 e. The van der Waals surface area contributed by atoms with Gasteiger partial charge in [0, 0.05) is 20.3 Å². The fourth-order valence-electron chi connectivity index (χ4n) is 2.09. The normalized spacial score (nSPS) is 11.3. The van der Waals surface area contributed by atoms with E-state index in [1.807, 2.05) is 10.6 Å². The SMILES string of the molecule is COCCOCCCCn1c(=S)[nH]c2c(F)cccc21. The zero-order chi connectivity index (χ0) is 14.4. The van der Waals surface area contributed by atoms with Gasteiger partial charge in [0.25, 0.3) is 0 Å². The fourth-order valence-corrected chi connectivity index (χ4v) is 2.38. The summed E-state index contributed by atoms with van der Waals surface area (Å²) in [7, 11) is 1.65. The summed E-state index contributed by atoms with van der Waals surface area (Å²) in [4.78, 5) is 2.92. The summed E-state index contributed by atoms with van der Waals surface area (Å²) >= 11 is 5.24. The fraction of sp³-hybridized carbons (Fsp3) is 0.500. The molecule has 2 aromatic rings. The number of aromatic amines is 1. The smallest absolute Gasteiger partial charge is 0.178 e. The van der Waals surface area contributed by atoms with Gasteiger partial charge in [-0.1, -0.05) is 6.07 Å². The van der Waals surface area contributed by atoms with Gasteiger partial charge < -0.3 is 19.0 Å². The van der Waals surface area contributed by atoms with E-state index in [9.17, 15) is 4.39 Å². The topological polar surface area (TPSA) is 39.2 Å². The second-order valence-electron chi connectivity index (χ2n) is 4.53. The Morgan fingerprint density at radius 2 is 2.10 bits per heavy atom. The summed E-state index contributed by atoms with van der Waals surface area (Å²) in [5.74, 6) is -0.268. The average Bonchev–Trinajstić information content (AvgIpc) is 2.76. The number of aryl methyl sites for hydroxylation is 1. The maximum atomic E-state index is 13.6. The van der Waals surface area contributed by atoms with Crippen molar-refractivity contribution >= 4 is 23.3 Å². The second kappa shape index (κ2) is 7.52. The lowest BCUT2D eigenvalue weighted by atomic mass is 10.3. The number of hydrogen-bond donors (Lipinski definition) is 1. The molecule has 1 heterocycles. The van der Waals surface area contributed by atoms with E-state index < -0.39 is 0 Å². The molecule has 1 aromatic carbocycles. The van der Waals surface area contributed by atoms with Gasteiger partial charge in [0.1, 0.15) is 11.3 Å². The molecular weight excluding hydrogens is 279 g/mol. The first kappa shape index (κ1) is 15.2. The molecule has 0 bridgehead atoms. The minimum atomic E-state index is -0.268. The molecule has 0 spiro atoms. The molecule has 20 heavy (non-hydrogen) atoms. The van der Waals surface area contributed by atoms with Gasteiger partial charge in [-0.25, -0.2) is 4.39 Å². The van der Waals surface area contributed by atoms with Crippen LogP contribution < -0.4 is 0 Å². The van der Waals surface area contributed by atoms with Crippen molar-refractivity contribution in [2.75, 3.05) is 26.9 Å². The van der Waals surface area contributed by atoms with Gasteiger partial charge in [-0.15, -0.1) is 0 Å². The first-order valence-electron chi connectivity index (χ1n) is 6.67. The molecule has 0 aliphatic rings. The van der Waals surface area contributed by atoms with Crippen LogP contribution in [0.5, 0.6) is 0 Å². The van der Waals surface area contributed by atoms with Crippen LogP contribution in [-0.2, 0) is 16.0 Å². The average molecular weight is 298 g/mol. The van der Waals surface area contributed by atoms with Crippen molar-refractivity contribution in [1.29, 1.82) is 0 Å². The number of rotatable bonds is 8. The van der Waals surface area contributed by atoms with Gasteiger partial charge in [-0.05, 0) is 37.2 Å². The van der Waals surface area contributed by atoms with E-state index in [1.165, 1.54) is 6.07 Å². The molecule has 4 nitrogen and oxygen atoms in total. The zero-order valence-electron chi connectivity index (χ0n) is 11.5. The maximum absolute atomic E-state index is 13.6. The Morgan fingerprint density at radius 3 is 2.90 bits per heavy atom. The highest BCUT2D eigenvalue weighted by atomic mass is 32.1. The van der Waals surface area contributed by atoms with Crippen molar-refractivity contribution in [2.45, 2.75) is 19.4 Å². The summed E-state index contributed by atoms with van der Waals surface area (Å²) in [6.45, 7) is 2.70. The number of hydrogen-bond acceptors (Lipinski definition) is 3. The number of benzene rings is 1. The molecule has 0 amide bonds. The number of imidazole rings is 1. The van der Waals surface area contributed by atoms with E-state index in [4.69, 9.17) is 21.7 Å². The highest BCUT2D eigenvalue weighted by Crippen LogP contribution is 2.17. The molecule has 2 rings (SSSR count). The van der Waals surface area contributed by atoms with E-state index in [2.05, 4.69) is 4.98 Å². The van der Waals surface area contributed by atoms with Gasteiger partial charge in [0.15, 0.2) is 4.77 Å². The Labute approximate surface area is 122 Å². The van der Waals surface area contributed by atoms with Crippen LogP contribution in [0.25, 0.3) is 11.0 Å². The molecule has 0 saturated carbocycles. The summed E-state index contributed by atoms with van der Waals surface area (Å²) in [6.07, 6.45) is 1.87. The molecule has 0 radical (unpaired) electrons. The lowest BCUT2D eigenvalue weighted by Crippen LogP contribution is -2.04. The standard InChI is InChI=1S/C14H19FN2O2S/c1-18-9-10-19-8-3-2-7-17-12-6-4-5-11(15)13(12)16-14(17)20/h4-6H,2-3,7-10H2,1H3,(H,16,20). The van der Waals surface area contributed by atoms with Gasteiger partial charge in [-0.3, -0.25) is 0 Å². The summed E-state index contributed by atoms with van der Waals surface area (Å²) in [5.41, 5.74) is 1.30. The van der Waals surface area contributed by atoms with Crippen molar-refractivity contribution in [2.24, 2.45) is 0 Å². The quantitative estimate of drug-likeness (QED) is 0.600. The lowest BCUT2D eigenvalue weighted by Gasteiger charge is -2.05. The molecular formula is C14H19FN2O2S. The van der Waals surface area contributed by atoms with Crippen LogP contribution in [0.2, 0.25) is 0 Å². The number of H-pyrrole nitrogens is 1. The Kier molecular flexibility index (Phi) is 5.70. The van der Waals surface area contributed by atoms with E-state index in [-0.39, 0.29) is 5.82 Å². The zero-order valence-corrected chi connectivity index (χ0v) is 12.3. The van der Waals surface area contributed by atoms with Crippen molar-refractivity contribution in [3.63, 3.8) is 0 Å². The number of fused-ring (bicyclic) bond motifs is 1. The number of nitrogens with zero attached hydrogens (tertiary/aromatic N) is 1. The number of nitrogens with one attached hydrogen (secondary N) is 1. The lowest BCUT2D eigenvalue weighted by molar-refractivity contribution is 0.0684. The maximum Gasteiger partial charge on any atom is 0.178 e. The molecule has 6 heteroatoms. The van der Waals surface area contributed by atoms with E-state index in [1.54, 1.807) is 13.2 Å². The Balaban J connectivity index is 1.89. The van der Waals surface area contributed by atoms with E-state index in [0.29, 0.717) is 30.1 Å². The third kappa shape index (κ3) is 3.65. The van der Waals surface area contributed by atoms with Crippen LogP contribution >= 0.6 is 12.2 Å². The van der Waals surface area contributed by atoms with Crippen LogP contribution in [0.3, 0.4) is 0 Å². The molecule has 0 fully saturated rings. The third-order valence-corrected chi connectivity index (χ3v) is 3.43. The van der Waals surface area contributed by atoms with E-state index in [0.717, 1.165) is 24.9 Å². The molecule has 110 valence electrons. The van der Waals surface area contributed by atoms with Crippen LogP contribution in [0, 0.1) is 10.6 Å². The van der Waals surface area contributed by atoms with Gasteiger partial charge >= 0.3 is 0 Å². The summed E-state index contributed by atoms with van der Waals surface area (Å²) in [6, 6.07) is 5.01. The van der Waals surface area contributed by atoms with Crippen molar-refractivity contribution in [1.82, 2.24) is 9.55 Å². The van der Waals surface area contributed by atoms with Crippen molar-refractivity contribution in [3.8, 4) is 0 Å². The molecule has 1 aromatic heterocycles. The van der Waals surface area contributed by atoms with Crippen molar-refractivity contribution in [3.05, 3.63) is 28.8 Å². The predicted octanol–water partition coefficient (Wildman–Crippen LogP) is 3.28. The highest BCUT2D eigenvalue weighted by molar-refractivity contribution is 7.71. The summed E-state index contributed by atoms with van der Waals surface area (Å²) < 4.78 is 26.4. The predicted molar refractivity (Wildman–Crippen MR) is 79.0 cm³/mol. The van der Waals surface area contributed by atoms with Gasteiger partial charge in [0.05, 0.1) is 18.7 Å². The molecule has 0 aliphatic carbocycles. The van der Waals surface area contributed by atoms with Crippen LogP contribution in [-0.4, -0.2) is 36.5 Å². The minimum absolute atomic E-state index is 0.268. The van der Waals surface area contributed by atoms with E-state index >= 15 is 0 Å². The largest absolute Gasteiger partial charge is 0.382 e. The van der Waals surface area contributed by atoms with Gasteiger partial charge in [0.2, 0.25) is 0 Å². The number of ether oxygens (including phenoxy) is 2. The molecule has 1 N–H and O–H groups in total. The molecule has 0 unspecified atom stereocenters. The van der Waals surface area contributed by atoms with Crippen LogP contribution in [0.1, 0.15) is 12.8 Å². The van der Waals surface area contributed by atoms with Gasteiger partial charge in [-0.2, -0.15) is 0 Å². The number of halogens is 1. The molecule has 0 aliphatic heterocycles. The Hall–Kier alpha value is -1.24. The molecule has 0 saturated heterocycles. The first-order valence-corrected chi connectivity index (χ1v) is 7.08. The Morgan fingerprint density at radius 1 is 1.25 bits per heavy atom. The number of methoxy groups -OCH3 is 1. The van der Waals surface area contributed by atoms with Crippen LogP contribution in [0.15, 0.2) is 18.2 Å². The van der Waals surface area contributed by atoms with Crippen molar-refractivity contribution < 1.29 is 13.9 Å². The Bertz CT molecular complexity index is 609. The first-order chi connectivity index (χ1) is 9.74. The summed E-state index contributed by atoms with van der Waals surface area (Å²) in [5, 5.41) is 0. The van der Waals surface area contributed by atoms with Crippen LogP contribution in [0.4, 0.5) is 4.39 Å². The number of aromatic nitrogens is 2. The second-order valence-corrected chi connectivity index (χ2v) is 4.91. The monoisotopic (exact) mass is 298 g/mol. The highest BCUT2D eigenvalue weighted by Gasteiger charge is 2.07. The number of unbranched alkanes of at least 4 members (excludes halogenated alkanes) is 1. The third-order valence-electron chi connectivity index (χ3n) is 3.11. The number of para-hydroxylation sites is 1.